The highest BCUT2D eigenvalue weighted by Gasteiger charge is 2.28. The third kappa shape index (κ3) is 8.76. The molecular weight excluding hydrogens is 467 g/mol. The first-order valence-electron chi connectivity index (χ1n) is 11.4. The molecule has 0 saturated carbocycles. The number of benzene rings is 1. The van der Waals surface area contributed by atoms with Crippen LogP contribution in [0.4, 0.5) is 10.5 Å². The number of hydrogen-bond acceptors (Lipinski definition) is 6. The number of ether oxygens (including phenoxy) is 2. The molecule has 0 aromatic heterocycles. The molecule has 2 aliphatic heterocycles. The van der Waals surface area contributed by atoms with Crippen LogP contribution in [0.3, 0.4) is 0 Å². The van der Waals surface area contributed by atoms with Crippen LogP contribution < -0.4 is 15.0 Å². The van der Waals surface area contributed by atoms with Crippen LogP contribution in [0.1, 0.15) is 32.6 Å². The zero-order valence-corrected chi connectivity index (χ0v) is 21.3. The van der Waals surface area contributed by atoms with Crippen molar-refractivity contribution in [2.75, 3.05) is 64.4 Å². The number of piperazine rings is 1. The number of hydrogen-bond donors (Lipinski definition) is 1. The molecule has 188 valence electrons. The fourth-order valence-electron chi connectivity index (χ4n) is 4.19. The Labute approximate surface area is 209 Å². The Morgan fingerprint density at radius 1 is 1.09 bits per heavy atom. The fourth-order valence-corrected chi connectivity index (χ4v) is 4.19. The lowest BCUT2D eigenvalue weighted by Crippen LogP contribution is -2.51. The number of para-hydroxylation sites is 2. The summed E-state index contributed by atoms with van der Waals surface area (Å²) < 4.78 is 11.2. The molecule has 2 heterocycles. The number of amides is 2. The predicted octanol–water partition coefficient (Wildman–Crippen LogP) is 3.18. The Bertz CT molecular complexity index is 732. The van der Waals surface area contributed by atoms with E-state index in [9.17, 15) is 9.59 Å². The third-order valence-electron chi connectivity index (χ3n) is 5.93. The normalized spacial score (nSPS) is 17.1. The molecule has 2 aliphatic rings. The maximum absolute atomic E-state index is 12.3. The highest BCUT2D eigenvalue weighted by Crippen LogP contribution is 2.28. The molecule has 1 unspecified atom stereocenters. The van der Waals surface area contributed by atoms with E-state index in [1.807, 2.05) is 23.1 Å². The number of halogens is 2. The monoisotopic (exact) mass is 504 g/mol. The molecule has 0 bridgehead atoms. The average molecular weight is 505 g/mol. The van der Waals surface area contributed by atoms with Crippen LogP contribution in [0, 0.1) is 0 Å². The van der Waals surface area contributed by atoms with Crippen molar-refractivity contribution in [2.24, 2.45) is 0 Å². The summed E-state index contributed by atoms with van der Waals surface area (Å²) in [5.41, 5.74) is 1.11. The molecule has 0 spiro atoms. The van der Waals surface area contributed by atoms with Gasteiger partial charge in [-0.1, -0.05) is 25.5 Å². The summed E-state index contributed by atoms with van der Waals surface area (Å²) in [6, 6.07) is 8.07. The number of methoxy groups -OCH3 is 1. The molecule has 10 heteroatoms. The smallest absolute Gasteiger partial charge is 0.407 e. The molecule has 0 aliphatic carbocycles. The number of carbonyl (C=O) groups excluding carboxylic acids is 2. The van der Waals surface area contributed by atoms with Crippen LogP contribution in [0.5, 0.6) is 5.75 Å². The number of nitrogens with one attached hydrogen (secondary N) is 1. The number of unbranched alkanes of at least 4 members (excludes halogenated alkanes) is 1. The van der Waals surface area contributed by atoms with Crippen molar-refractivity contribution in [3.05, 3.63) is 24.3 Å². The first kappa shape index (κ1) is 29.1. The zero-order valence-electron chi connectivity index (χ0n) is 19.7. The summed E-state index contributed by atoms with van der Waals surface area (Å²) >= 11 is 0. The quantitative estimate of drug-likeness (QED) is 0.493. The van der Waals surface area contributed by atoms with Crippen LogP contribution in [0.15, 0.2) is 24.3 Å². The van der Waals surface area contributed by atoms with Gasteiger partial charge in [0.1, 0.15) is 11.9 Å². The first-order chi connectivity index (χ1) is 15.1. The molecule has 2 amide bonds. The minimum absolute atomic E-state index is 0. The van der Waals surface area contributed by atoms with E-state index in [-0.39, 0.29) is 36.8 Å². The minimum atomic E-state index is -0.391. The Morgan fingerprint density at radius 3 is 2.45 bits per heavy atom. The second-order valence-corrected chi connectivity index (χ2v) is 8.21. The lowest BCUT2D eigenvalue weighted by Gasteiger charge is -2.38. The van der Waals surface area contributed by atoms with Gasteiger partial charge in [-0.2, -0.15) is 0 Å². The van der Waals surface area contributed by atoms with Crippen molar-refractivity contribution in [2.45, 2.75) is 38.7 Å². The van der Waals surface area contributed by atoms with Gasteiger partial charge in [-0.3, -0.25) is 9.69 Å². The number of anilines is 1. The van der Waals surface area contributed by atoms with Crippen molar-refractivity contribution >= 4 is 42.5 Å². The van der Waals surface area contributed by atoms with Gasteiger partial charge in [-0.25, -0.2) is 4.79 Å². The van der Waals surface area contributed by atoms with E-state index >= 15 is 0 Å². The molecule has 0 radical (unpaired) electrons. The molecule has 2 saturated heterocycles. The van der Waals surface area contributed by atoms with Crippen molar-refractivity contribution in [1.82, 2.24) is 15.1 Å². The van der Waals surface area contributed by atoms with Crippen molar-refractivity contribution < 1.29 is 19.1 Å². The van der Waals surface area contributed by atoms with Gasteiger partial charge in [-0.05, 0) is 25.0 Å². The number of nitrogens with zero attached hydrogens (tertiary/aromatic N) is 3. The SMILES string of the molecule is CCCCNC(=O)OC(CN1CCN(c2ccccc2OC)CC1)CN1CCCC1=O.Cl.Cl. The van der Waals surface area contributed by atoms with Gasteiger partial charge in [-0.15, -0.1) is 24.8 Å². The lowest BCUT2D eigenvalue weighted by atomic mass is 10.2. The second-order valence-electron chi connectivity index (χ2n) is 8.21. The largest absolute Gasteiger partial charge is 0.495 e. The van der Waals surface area contributed by atoms with Gasteiger partial charge >= 0.3 is 6.09 Å². The van der Waals surface area contributed by atoms with Gasteiger partial charge in [0.05, 0.1) is 19.3 Å². The van der Waals surface area contributed by atoms with Gasteiger partial charge in [0.25, 0.3) is 0 Å². The van der Waals surface area contributed by atoms with Gasteiger partial charge in [0.2, 0.25) is 5.91 Å². The van der Waals surface area contributed by atoms with Crippen molar-refractivity contribution in [3.63, 3.8) is 0 Å². The van der Waals surface area contributed by atoms with E-state index in [1.165, 1.54) is 0 Å². The van der Waals surface area contributed by atoms with E-state index in [0.29, 0.717) is 26.1 Å². The van der Waals surface area contributed by atoms with E-state index in [2.05, 4.69) is 28.1 Å². The van der Waals surface area contributed by atoms with Crippen molar-refractivity contribution in [1.29, 1.82) is 0 Å². The summed E-state index contributed by atoms with van der Waals surface area (Å²) in [6.07, 6.45) is 2.69. The average Bonchev–Trinajstić information content (AvgIpc) is 3.18. The molecule has 3 rings (SSSR count). The number of carbonyl (C=O) groups is 2. The number of likely N-dealkylation sites (tertiary alicyclic amines) is 1. The first-order valence-corrected chi connectivity index (χ1v) is 11.4. The highest BCUT2D eigenvalue weighted by atomic mass is 35.5. The molecule has 1 aromatic carbocycles. The van der Waals surface area contributed by atoms with Crippen LogP contribution >= 0.6 is 24.8 Å². The Hall–Kier alpha value is -1.90. The predicted molar refractivity (Wildman–Crippen MR) is 135 cm³/mol. The van der Waals surface area contributed by atoms with E-state index in [4.69, 9.17) is 9.47 Å². The van der Waals surface area contributed by atoms with Gasteiger partial charge in [0.15, 0.2) is 0 Å². The minimum Gasteiger partial charge on any atom is -0.495 e. The lowest BCUT2D eigenvalue weighted by molar-refractivity contribution is -0.129. The van der Waals surface area contributed by atoms with Crippen LogP contribution in [-0.2, 0) is 9.53 Å². The van der Waals surface area contributed by atoms with Crippen LogP contribution in [0.25, 0.3) is 0 Å². The molecule has 33 heavy (non-hydrogen) atoms. The van der Waals surface area contributed by atoms with Gasteiger partial charge < -0.3 is 24.6 Å². The highest BCUT2D eigenvalue weighted by molar-refractivity contribution is 5.85. The topological polar surface area (TPSA) is 74.4 Å². The van der Waals surface area contributed by atoms with E-state index in [0.717, 1.165) is 63.4 Å². The number of rotatable bonds is 10. The van der Waals surface area contributed by atoms with Crippen LogP contribution in [0.2, 0.25) is 0 Å². The number of alkyl carbamates (subject to hydrolysis) is 1. The van der Waals surface area contributed by atoms with Crippen LogP contribution in [-0.4, -0.2) is 87.4 Å². The zero-order chi connectivity index (χ0) is 22.1. The summed E-state index contributed by atoms with van der Waals surface area (Å²) in [4.78, 5) is 30.8. The fraction of sp³-hybridized carbons (Fsp3) is 0.652. The standard InChI is InChI=1S/C23H36N4O4.2ClH/c1-3-4-11-24-23(29)31-19(18-27-12-7-10-22(27)28)17-25-13-15-26(16-14-25)20-8-5-6-9-21(20)30-2;;/h5-6,8-9,19H,3-4,7,10-18H2,1-2H3,(H,24,29);2*1H. The van der Waals surface area contributed by atoms with Gasteiger partial charge in [0, 0.05) is 52.2 Å². The summed E-state index contributed by atoms with van der Waals surface area (Å²) in [5.74, 6) is 1.04. The Kier molecular flexibility index (Phi) is 13.3. The summed E-state index contributed by atoms with van der Waals surface area (Å²) in [6.45, 7) is 8.01. The summed E-state index contributed by atoms with van der Waals surface area (Å²) in [7, 11) is 1.70. The maximum atomic E-state index is 12.3. The molecule has 1 atom stereocenters. The molecule has 1 N–H and O–H groups in total. The molecular formula is C23H38Cl2N4O4. The molecule has 8 nitrogen and oxygen atoms in total. The van der Waals surface area contributed by atoms with E-state index in [1.54, 1.807) is 7.11 Å². The Balaban J connectivity index is 0.00000272. The third-order valence-corrected chi connectivity index (χ3v) is 5.93. The van der Waals surface area contributed by atoms with Crippen molar-refractivity contribution in [3.8, 4) is 5.75 Å². The molecule has 1 aromatic rings. The second kappa shape index (κ2) is 15.1. The Morgan fingerprint density at radius 2 is 1.82 bits per heavy atom. The van der Waals surface area contributed by atoms with E-state index < -0.39 is 6.09 Å². The maximum Gasteiger partial charge on any atom is 0.407 e. The summed E-state index contributed by atoms with van der Waals surface area (Å²) in [5, 5.41) is 2.82. The molecule has 2 fully saturated rings.